The lowest BCUT2D eigenvalue weighted by Crippen LogP contribution is -2.23. The van der Waals surface area contributed by atoms with Gasteiger partial charge >= 0.3 is 0 Å². The van der Waals surface area contributed by atoms with Crippen molar-refractivity contribution in [1.82, 2.24) is 5.32 Å². The lowest BCUT2D eigenvalue weighted by atomic mass is 10.1. The van der Waals surface area contributed by atoms with Crippen LogP contribution in [-0.4, -0.2) is 26.2 Å². The summed E-state index contributed by atoms with van der Waals surface area (Å²) < 4.78 is 16.6. The molecule has 0 saturated heterocycles. The van der Waals surface area contributed by atoms with E-state index in [4.69, 9.17) is 14.2 Å². The fraction of sp³-hybridized carbons (Fsp3) is 0.435. The second-order valence-electron chi connectivity index (χ2n) is 7.14. The van der Waals surface area contributed by atoms with E-state index < -0.39 is 0 Å². The van der Waals surface area contributed by atoms with Gasteiger partial charge in [-0.25, -0.2) is 0 Å². The summed E-state index contributed by atoms with van der Waals surface area (Å²) in [7, 11) is 3.21. The Morgan fingerprint density at radius 2 is 1.79 bits per heavy atom. The van der Waals surface area contributed by atoms with Gasteiger partial charge in [-0.15, -0.1) is 0 Å². The minimum atomic E-state index is 0.0249. The van der Waals surface area contributed by atoms with E-state index >= 15 is 0 Å². The predicted octanol–water partition coefficient (Wildman–Crippen LogP) is 4.27. The first-order chi connectivity index (χ1) is 13.7. The number of ether oxygens (including phenoxy) is 3. The third kappa shape index (κ3) is 5.65. The third-order valence-electron chi connectivity index (χ3n) is 5.08. The van der Waals surface area contributed by atoms with E-state index in [-0.39, 0.29) is 5.91 Å². The summed E-state index contributed by atoms with van der Waals surface area (Å²) in [6, 6.07) is 13.7. The molecule has 2 aromatic carbocycles. The minimum Gasteiger partial charge on any atom is -0.493 e. The quantitative estimate of drug-likeness (QED) is 0.702. The van der Waals surface area contributed by atoms with Crippen LogP contribution in [0, 0.1) is 0 Å². The molecule has 1 aliphatic rings. The zero-order valence-corrected chi connectivity index (χ0v) is 16.7. The van der Waals surface area contributed by atoms with Gasteiger partial charge in [-0.1, -0.05) is 18.2 Å². The van der Waals surface area contributed by atoms with Crippen molar-refractivity contribution in [3.63, 3.8) is 0 Å². The molecule has 150 valence electrons. The van der Waals surface area contributed by atoms with Crippen LogP contribution < -0.4 is 19.5 Å². The molecule has 5 heteroatoms. The van der Waals surface area contributed by atoms with Gasteiger partial charge in [0.05, 0.1) is 20.3 Å². The van der Waals surface area contributed by atoms with Gasteiger partial charge in [0.15, 0.2) is 11.5 Å². The highest BCUT2D eigenvalue weighted by molar-refractivity contribution is 5.76. The van der Waals surface area contributed by atoms with E-state index in [1.54, 1.807) is 14.2 Å². The van der Waals surface area contributed by atoms with Gasteiger partial charge < -0.3 is 19.5 Å². The number of aryl methyl sites for hydroxylation is 1. The second kappa shape index (κ2) is 10.0. The van der Waals surface area contributed by atoms with Crippen molar-refractivity contribution < 1.29 is 19.0 Å². The maximum Gasteiger partial charge on any atom is 0.220 e. The number of hydrogen-bond donors (Lipinski definition) is 1. The number of carbonyl (C=O) groups is 1. The number of benzene rings is 2. The molecule has 1 amide bonds. The highest BCUT2D eigenvalue weighted by Gasteiger charge is 2.16. The minimum absolute atomic E-state index is 0.0249. The zero-order valence-electron chi connectivity index (χ0n) is 16.7. The molecule has 0 radical (unpaired) electrons. The fourth-order valence-electron chi connectivity index (χ4n) is 3.51. The molecule has 2 aromatic rings. The Kier molecular flexibility index (Phi) is 7.18. The molecule has 1 saturated carbocycles. The molecule has 0 bridgehead atoms. The summed E-state index contributed by atoms with van der Waals surface area (Å²) in [4.78, 5) is 12.2. The Hall–Kier alpha value is -2.69. The van der Waals surface area contributed by atoms with Gasteiger partial charge in [-0.3, -0.25) is 4.79 Å². The molecule has 0 unspecified atom stereocenters. The molecule has 0 spiro atoms. The number of rotatable bonds is 9. The van der Waals surface area contributed by atoms with Crippen LogP contribution in [0.25, 0.3) is 0 Å². The highest BCUT2D eigenvalue weighted by Crippen LogP contribution is 2.27. The van der Waals surface area contributed by atoms with Gasteiger partial charge in [0.25, 0.3) is 0 Å². The summed E-state index contributed by atoms with van der Waals surface area (Å²) in [5.41, 5.74) is 2.09. The van der Waals surface area contributed by atoms with E-state index in [0.29, 0.717) is 37.0 Å². The summed E-state index contributed by atoms with van der Waals surface area (Å²) in [5.74, 6) is 2.28. The van der Waals surface area contributed by atoms with Gasteiger partial charge in [0.2, 0.25) is 5.91 Å². The molecule has 1 fully saturated rings. The fourth-order valence-corrected chi connectivity index (χ4v) is 3.51. The maximum absolute atomic E-state index is 12.2. The summed E-state index contributed by atoms with van der Waals surface area (Å²) in [6.45, 7) is 0.462. The summed E-state index contributed by atoms with van der Waals surface area (Å²) >= 11 is 0. The van der Waals surface area contributed by atoms with Crippen LogP contribution in [0.1, 0.15) is 43.2 Å². The zero-order chi connectivity index (χ0) is 19.8. The van der Waals surface area contributed by atoms with Crippen LogP contribution >= 0.6 is 0 Å². The summed E-state index contributed by atoms with van der Waals surface area (Å²) in [6.07, 6.45) is 6.28. The van der Waals surface area contributed by atoms with Crippen LogP contribution in [0.5, 0.6) is 17.2 Å². The van der Waals surface area contributed by atoms with Crippen molar-refractivity contribution in [2.45, 2.75) is 51.2 Å². The maximum atomic E-state index is 12.2. The Labute approximate surface area is 167 Å². The van der Waals surface area contributed by atoms with Gasteiger partial charge in [0.1, 0.15) is 5.75 Å². The Morgan fingerprint density at radius 1 is 1.00 bits per heavy atom. The van der Waals surface area contributed by atoms with E-state index in [9.17, 15) is 4.79 Å². The third-order valence-corrected chi connectivity index (χ3v) is 5.08. The van der Waals surface area contributed by atoms with E-state index in [1.165, 1.54) is 12.8 Å². The SMILES string of the molecule is COc1ccc(CNC(=O)CCc2cccc(OC3CCCC3)c2)cc1OC. The Morgan fingerprint density at radius 3 is 2.54 bits per heavy atom. The molecule has 5 nitrogen and oxygen atoms in total. The molecule has 0 aliphatic heterocycles. The monoisotopic (exact) mass is 383 g/mol. The van der Waals surface area contributed by atoms with E-state index in [2.05, 4.69) is 11.4 Å². The van der Waals surface area contributed by atoms with E-state index in [0.717, 1.165) is 29.7 Å². The molecule has 0 aromatic heterocycles. The van der Waals surface area contributed by atoms with Crippen LogP contribution in [-0.2, 0) is 17.8 Å². The lowest BCUT2D eigenvalue weighted by molar-refractivity contribution is -0.121. The number of hydrogen-bond acceptors (Lipinski definition) is 4. The first kappa shape index (κ1) is 20.1. The largest absolute Gasteiger partial charge is 0.493 e. The Balaban J connectivity index is 1.46. The molecule has 1 N–H and O–H groups in total. The lowest BCUT2D eigenvalue weighted by Gasteiger charge is -2.14. The molecule has 1 aliphatic carbocycles. The second-order valence-corrected chi connectivity index (χ2v) is 7.14. The molecule has 0 heterocycles. The number of carbonyl (C=O) groups excluding carboxylic acids is 1. The summed E-state index contributed by atoms with van der Waals surface area (Å²) in [5, 5.41) is 2.96. The first-order valence-electron chi connectivity index (χ1n) is 9.91. The topological polar surface area (TPSA) is 56.8 Å². The molecular weight excluding hydrogens is 354 g/mol. The smallest absolute Gasteiger partial charge is 0.220 e. The van der Waals surface area contributed by atoms with Crippen LogP contribution in [0.3, 0.4) is 0 Å². The first-order valence-corrected chi connectivity index (χ1v) is 9.91. The van der Waals surface area contributed by atoms with E-state index in [1.807, 2.05) is 36.4 Å². The van der Waals surface area contributed by atoms with Gasteiger partial charge in [-0.2, -0.15) is 0 Å². The van der Waals surface area contributed by atoms with Crippen molar-refractivity contribution in [1.29, 1.82) is 0 Å². The molecule has 3 rings (SSSR count). The van der Waals surface area contributed by atoms with Crippen molar-refractivity contribution in [3.05, 3.63) is 53.6 Å². The van der Waals surface area contributed by atoms with Gasteiger partial charge in [-0.05, 0) is 67.5 Å². The standard InChI is InChI=1S/C23H29NO4/c1-26-21-12-10-18(15-22(21)27-2)16-24-23(25)13-11-17-6-5-9-20(14-17)28-19-7-3-4-8-19/h5-6,9-10,12,14-15,19H,3-4,7-8,11,13,16H2,1-2H3,(H,24,25). The molecular formula is C23H29NO4. The molecule has 28 heavy (non-hydrogen) atoms. The van der Waals surface area contributed by atoms with Crippen LogP contribution in [0.2, 0.25) is 0 Å². The average molecular weight is 383 g/mol. The van der Waals surface area contributed by atoms with Gasteiger partial charge in [0, 0.05) is 13.0 Å². The molecule has 0 atom stereocenters. The average Bonchev–Trinajstić information content (AvgIpc) is 3.23. The predicted molar refractivity (Wildman–Crippen MR) is 109 cm³/mol. The number of nitrogens with one attached hydrogen (secondary N) is 1. The highest BCUT2D eigenvalue weighted by atomic mass is 16.5. The van der Waals surface area contributed by atoms with Crippen molar-refractivity contribution >= 4 is 5.91 Å². The Bertz CT molecular complexity index is 784. The van der Waals surface area contributed by atoms with Crippen molar-refractivity contribution in [2.24, 2.45) is 0 Å². The van der Waals surface area contributed by atoms with Crippen molar-refractivity contribution in [3.8, 4) is 17.2 Å². The number of amides is 1. The van der Waals surface area contributed by atoms with Crippen molar-refractivity contribution in [2.75, 3.05) is 14.2 Å². The van der Waals surface area contributed by atoms with Crippen LogP contribution in [0.15, 0.2) is 42.5 Å². The number of methoxy groups -OCH3 is 2. The normalized spacial score (nSPS) is 13.9. The van der Waals surface area contributed by atoms with Crippen LogP contribution in [0.4, 0.5) is 0 Å².